The lowest BCUT2D eigenvalue weighted by molar-refractivity contribution is -0.122. The normalized spacial score (nSPS) is 16.1. The van der Waals surface area contributed by atoms with Crippen LogP contribution in [0.4, 0.5) is 5.69 Å². The molecule has 0 bridgehead atoms. The van der Waals surface area contributed by atoms with Crippen LogP contribution >= 0.6 is 0 Å². The molecule has 1 saturated heterocycles. The Hall–Kier alpha value is -1.88. The van der Waals surface area contributed by atoms with Gasteiger partial charge in [-0.1, -0.05) is 25.5 Å². The van der Waals surface area contributed by atoms with Gasteiger partial charge in [0.25, 0.3) is 0 Å². The second kappa shape index (κ2) is 7.22. The van der Waals surface area contributed by atoms with E-state index in [4.69, 9.17) is 5.73 Å². The van der Waals surface area contributed by atoms with Crippen LogP contribution in [0.2, 0.25) is 0 Å². The molecule has 1 atom stereocenters. The average molecular weight is 289 g/mol. The second-order valence-corrected chi connectivity index (χ2v) is 5.43. The first-order chi connectivity index (χ1) is 10.1. The molecule has 1 aliphatic heterocycles. The molecule has 0 aliphatic carbocycles. The van der Waals surface area contributed by atoms with Gasteiger partial charge in [0.15, 0.2) is 0 Å². The Morgan fingerprint density at radius 2 is 2.10 bits per heavy atom. The molecule has 5 nitrogen and oxygen atoms in total. The van der Waals surface area contributed by atoms with E-state index in [0.29, 0.717) is 19.4 Å². The molecule has 21 heavy (non-hydrogen) atoms. The van der Waals surface area contributed by atoms with Crippen molar-refractivity contribution >= 4 is 17.5 Å². The van der Waals surface area contributed by atoms with Crippen molar-refractivity contribution < 1.29 is 9.59 Å². The molecule has 0 saturated carbocycles. The molecule has 1 aromatic carbocycles. The predicted octanol–water partition coefficient (Wildman–Crippen LogP) is 1.56. The molecule has 0 spiro atoms. The Labute approximate surface area is 125 Å². The number of hydrogen-bond donors (Lipinski definition) is 2. The van der Waals surface area contributed by atoms with Crippen molar-refractivity contribution in [2.24, 2.45) is 5.73 Å². The molecule has 3 N–H and O–H groups in total. The maximum atomic E-state index is 11.7. The zero-order valence-electron chi connectivity index (χ0n) is 12.5. The first kappa shape index (κ1) is 15.5. The van der Waals surface area contributed by atoms with Gasteiger partial charge >= 0.3 is 0 Å². The molecule has 1 aliphatic rings. The Morgan fingerprint density at radius 1 is 1.38 bits per heavy atom. The largest absolute Gasteiger partial charge is 0.351 e. The third-order valence-electron chi connectivity index (χ3n) is 3.72. The fourth-order valence-electron chi connectivity index (χ4n) is 2.48. The van der Waals surface area contributed by atoms with Gasteiger partial charge < -0.3 is 16.0 Å². The topological polar surface area (TPSA) is 75.4 Å². The molecule has 2 rings (SSSR count). The van der Waals surface area contributed by atoms with Gasteiger partial charge in [0, 0.05) is 25.2 Å². The lowest BCUT2D eigenvalue weighted by Crippen LogP contribution is -2.40. The summed E-state index contributed by atoms with van der Waals surface area (Å²) in [6, 6.07) is 7.29. The van der Waals surface area contributed by atoms with E-state index in [1.165, 1.54) is 0 Å². The summed E-state index contributed by atoms with van der Waals surface area (Å²) < 4.78 is 0. The van der Waals surface area contributed by atoms with Crippen LogP contribution in [0.5, 0.6) is 0 Å². The first-order valence-electron chi connectivity index (χ1n) is 7.54. The number of hydrogen-bond acceptors (Lipinski definition) is 3. The minimum atomic E-state index is -0.434. The van der Waals surface area contributed by atoms with Gasteiger partial charge in [-0.15, -0.1) is 0 Å². The molecule has 1 heterocycles. The molecule has 114 valence electrons. The van der Waals surface area contributed by atoms with Gasteiger partial charge in [-0.05, 0) is 30.5 Å². The van der Waals surface area contributed by atoms with Crippen molar-refractivity contribution in [3.05, 3.63) is 29.8 Å². The van der Waals surface area contributed by atoms with E-state index in [9.17, 15) is 9.59 Å². The molecule has 0 aromatic heterocycles. The number of nitrogens with two attached hydrogens (primary N) is 1. The monoisotopic (exact) mass is 289 g/mol. The highest BCUT2D eigenvalue weighted by Crippen LogP contribution is 2.21. The third kappa shape index (κ3) is 4.04. The highest BCUT2D eigenvalue weighted by atomic mass is 16.2. The van der Waals surface area contributed by atoms with Crippen LogP contribution in [0, 0.1) is 0 Å². The van der Waals surface area contributed by atoms with E-state index < -0.39 is 6.04 Å². The van der Waals surface area contributed by atoms with Gasteiger partial charge in [0.05, 0.1) is 6.04 Å². The van der Waals surface area contributed by atoms with Gasteiger partial charge in [-0.25, -0.2) is 0 Å². The van der Waals surface area contributed by atoms with Crippen LogP contribution in [0.3, 0.4) is 0 Å². The van der Waals surface area contributed by atoms with Gasteiger partial charge in [-0.3, -0.25) is 9.59 Å². The number of carbonyl (C=O) groups excluding carboxylic acids is 2. The van der Waals surface area contributed by atoms with E-state index in [-0.39, 0.29) is 11.8 Å². The van der Waals surface area contributed by atoms with E-state index in [0.717, 1.165) is 30.6 Å². The van der Waals surface area contributed by atoms with E-state index in [1.807, 2.05) is 31.2 Å². The number of nitrogens with one attached hydrogen (secondary N) is 1. The van der Waals surface area contributed by atoms with E-state index in [1.54, 1.807) is 4.90 Å². The fraction of sp³-hybridized carbons (Fsp3) is 0.500. The number of anilines is 1. The zero-order chi connectivity index (χ0) is 15.2. The summed E-state index contributed by atoms with van der Waals surface area (Å²) in [5.41, 5.74) is 7.69. The summed E-state index contributed by atoms with van der Waals surface area (Å²) in [5, 5.41) is 2.84. The number of nitrogens with zero attached hydrogens (tertiary/aromatic N) is 1. The molecule has 1 aromatic rings. The van der Waals surface area contributed by atoms with Crippen LogP contribution in [-0.4, -0.2) is 24.4 Å². The summed E-state index contributed by atoms with van der Waals surface area (Å²) in [6.45, 7) is 3.26. The molecular formula is C16H23N3O2. The Kier molecular flexibility index (Phi) is 5.33. The summed E-state index contributed by atoms with van der Waals surface area (Å²) in [4.78, 5) is 25.2. The van der Waals surface area contributed by atoms with Crippen LogP contribution in [0.25, 0.3) is 0 Å². The lowest BCUT2D eigenvalue weighted by Gasteiger charge is -2.16. The lowest BCUT2D eigenvalue weighted by atomic mass is 10.1. The summed E-state index contributed by atoms with van der Waals surface area (Å²) in [5.74, 6) is 0.0669. The molecule has 5 heteroatoms. The van der Waals surface area contributed by atoms with Crippen molar-refractivity contribution in [2.45, 2.75) is 45.2 Å². The zero-order valence-corrected chi connectivity index (χ0v) is 12.5. The average Bonchev–Trinajstić information content (AvgIpc) is 2.91. The Balaban J connectivity index is 1.88. The van der Waals surface area contributed by atoms with Crippen molar-refractivity contribution in [3.63, 3.8) is 0 Å². The van der Waals surface area contributed by atoms with Gasteiger partial charge in [0.1, 0.15) is 0 Å². The van der Waals surface area contributed by atoms with Crippen LogP contribution in [0.1, 0.15) is 38.2 Å². The van der Waals surface area contributed by atoms with E-state index in [2.05, 4.69) is 5.32 Å². The highest BCUT2D eigenvalue weighted by molar-refractivity contribution is 5.95. The van der Waals surface area contributed by atoms with Gasteiger partial charge in [0.2, 0.25) is 11.8 Å². The second-order valence-electron chi connectivity index (χ2n) is 5.43. The molecule has 0 radical (unpaired) electrons. The van der Waals surface area contributed by atoms with E-state index >= 15 is 0 Å². The predicted molar refractivity (Wildman–Crippen MR) is 82.8 cm³/mol. The molecular weight excluding hydrogens is 266 g/mol. The van der Waals surface area contributed by atoms with Crippen LogP contribution in [-0.2, 0) is 16.1 Å². The van der Waals surface area contributed by atoms with Crippen molar-refractivity contribution in [3.8, 4) is 0 Å². The highest BCUT2D eigenvalue weighted by Gasteiger charge is 2.21. The molecule has 1 fully saturated rings. The summed E-state index contributed by atoms with van der Waals surface area (Å²) in [7, 11) is 0. The maximum Gasteiger partial charge on any atom is 0.237 e. The summed E-state index contributed by atoms with van der Waals surface area (Å²) in [6.07, 6.45) is 3.15. The SMILES string of the molecule is CCCC(N)C(=O)NCc1ccc(N2CCCC2=O)cc1. The van der Waals surface area contributed by atoms with Crippen LogP contribution in [0.15, 0.2) is 24.3 Å². The Bertz CT molecular complexity index is 499. The third-order valence-corrected chi connectivity index (χ3v) is 3.72. The Morgan fingerprint density at radius 3 is 2.67 bits per heavy atom. The number of carbonyl (C=O) groups is 2. The number of benzene rings is 1. The van der Waals surface area contributed by atoms with Crippen molar-refractivity contribution in [1.29, 1.82) is 0 Å². The number of rotatable bonds is 6. The van der Waals surface area contributed by atoms with Crippen molar-refractivity contribution in [1.82, 2.24) is 5.32 Å². The van der Waals surface area contributed by atoms with Gasteiger partial charge in [-0.2, -0.15) is 0 Å². The minimum Gasteiger partial charge on any atom is -0.351 e. The fourth-order valence-corrected chi connectivity index (χ4v) is 2.48. The summed E-state index contributed by atoms with van der Waals surface area (Å²) >= 11 is 0. The minimum absolute atomic E-state index is 0.115. The maximum absolute atomic E-state index is 11.7. The standard InChI is InChI=1S/C16H23N3O2/c1-2-4-14(17)16(21)18-11-12-6-8-13(9-7-12)19-10-3-5-15(19)20/h6-9,14H,2-5,10-11,17H2,1H3,(H,18,21). The smallest absolute Gasteiger partial charge is 0.237 e. The quantitative estimate of drug-likeness (QED) is 0.834. The first-order valence-corrected chi connectivity index (χ1v) is 7.54. The molecule has 2 amide bonds. The molecule has 1 unspecified atom stereocenters. The van der Waals surface area contributed by atoms with Crippen molar-refractivity contribution in [2.75, 3.05) is 11.4 Å². The number of amides is 2. The van der Waals surface area contributed by atoms with Crippen LogP contribution < -0.4 is 16.0 Å².